The number of ether oxygens (including phenoxy) is 2. The molecule has 5 nitrogen and oxygen atoms in total. The van der Waals surface area contributed by atoms with Crippen molar-refractivity contribution in [3.63, 3.8) is 0 Å². The van der Waals surface area contributed by atoms with Crippen molar-refractivity contribution in [2.75, 3.05) is 7.11 Å². The van der Waals surface area contributed by atoms with Gasteiger partial charge in [0, 0.05) is 7.11 Å². The summed E-state index contributed by atoms with van der Waals surface area (Å²) in [4.78, 5) is 22.3. The number of primary amides is 1. The second kappa shape index (κ2) is 6.00. The third-order valence-electron chi connectivity index (χ3n) is 2.19. The molecule has 0 radical (unpaired) electrons. The quantitative estimate of drug-likeness (QED) is 0.770. The Hall–Kier alpha value is -1.88. The first-order valence-electron chi connectivity index (χ1n) is 5.12. The molecular weight excluding hydrogens is 222 g/mol. The first-order chi connectivity index (χ1) is 8.04. The number of amides is 1. The van der Waals surface area contributed by atoms with Gasteiger partial charge in [0.15, 0.2) is 6.10 Å². The number of benzene rings is 1. The number of hydrogen-bond acceptors (Lipinski definition) is 4. The van der Waals surface area contributed by atoms with Gasteiger partial charge in [-0.15, -0.1) is 0 Å². The Kier molecular flexibility index (Phi) is 4.66. The third kappa shape index (κ3) is 3.88. The summed E-state index contributed by atoms with van der Waals surface area (Å²) in [6.45, 7) is 1.91. The number of carbonyl (C=O) groups is 2. The van der Waals surface area contributed by atoms with Crippen LogP contribution in [0, 0.1) is 0 Å². The van der Waals surface area contributed by atoms with Gasteiger partial charge >= 0.3 is 5.97 Å². The van der Waals surface area contributed by atoms with E-state index in [9.17, 15) is 9.59 Å². The fourth-order valence-electron chi connectivity index (χ4n) is 1.19. The molecule has 5 heteroatoms. The molecule has 0 saturated heterocycles. The van der Waals surface area contributed by atoms with E-state index in [4.69, 9.17) is 15.2 Å². The second-order valence-corrected chi connectivity index (χ2v) is 3.58. The molecule has 1 aromatic rings. The Bertz CT molecular complexity index is 399. The first kappa shape index (κ1) is 13.2. The summed E-state index contributed by atoms with van der Waals surface area (Å²) in [5.41, 5.74) is 6.32. The molecule has 17 heavy (non-hydrogen) atoms. The van der Waals surface area contributed by atoms with E-state index in [1.807, 2.05) is 0 Å². The van der Waals surface area contributed by atoms with E-state index in [0.29, 0.717) is 12.2 Å². The largest absolute Gasteiger partial charge is 0.449 e. The van der Waals surface area contributed by atoms with Gasteiger partial charge in [0.25, 0.3) is 5.91 Å². The fraction of sp³-hybridized carbons (Fsp3) is 0.333. The van der Waals surface area contributed by atoms with Crippen molar-refractivity contribution in [3.8, 4) is 0 Å². The van der Waals surface area contributed by atoms with E-state index < -0.39 is 18.0 Å². The van der Waals surface area contributed by atoms with Gasteiger partial charge in [0.05, 0.1) is 12.2 Å². The van der Waals surface area contributed by atoms with E-state index >= 15 is 0 Å². The summed E-state index contributed by atoms with van der Waals surface area (Å²) in [5, 5.41) is 0. The molecule has 2 N–H and O–H groups in total. The van der Waals surface area contributed by atoms with Crippen molar-refractivity contribution in [3.05, 3.63) is 35.4 Å². The van der Waals surface area contributed by atoms with Crippen LogP contribution in [0.5, 0.6) is 0 Å². The van der Waals surface area contributed by atoms with Crippen LogP contribution in [0.15, 0.2) is 24.3 Å². The summed E-state index contributed by atoms with van der Waals surface area (Å²) in [6.07, 6.45) is -0.929. The lowest BCUT2D eigenvalue weighted by atomic mass is 10.1. The molecule has 0 aliphatic carbocycles. The molecule has 0 spiro atoms. The minimum Gasteiger partial charge on any atom is -0.449 e. The van der Waals surface area contributed by atoms with Crippen LogP contribution in [0.1, 0.15) is 22.8 Å². The van der Waals surface area contributed by atoms with E-state index in [0.717, 1.165) is 5.56 Å². The van der Waals surface area contributed by atoms with E-state index in [1.54, 1.807) is 31.4 Å². The maximum Gasteiger partial charge on any atom is 0.338 e. The zero-order valence-electron chi connectivity index (χ0n) is 9.80. The third-order valence-corrected chi connectivity index (χ3v) is 2.19. The van der Waals surface area contributed by atoms with Gasteiger partial charge in [-0.2, -0.15) is 0 Å². The van der Waals surface area contributed by atoms with Gasteiger partial charge < -0.3 is 15.2 Å². The highest BCUT2D eigenvalue weighted by molar-refractivity contribution is 5.91. The van der Waals surface area contributed by atoms with Gasteiger partial charge in [0.1, 0.15) is 0 Å². The fourth-order valence-corrected chi connectivity index (χ4v) is 1.19. The molecule has 0 fully saturated rings. The maximum atomic E-state index is 11.6. The van der Waals surface area contributed by atoms with Crippen LogP contribution in [0.4, 0.5) is 0 Å². The molecule has 0 bridgehead atoms. The first-order valence-corrected chi connectivity index (χ1v) is 5.12. The average Bonchev–Trinajstić information content (AvgIpc) is 2.30. The molecule has 1 aromatic carbocycles. The highest BCUT2D eigenvalue weighted by Crippen LogP contribution is 2.08. The smallest absolute Gasteiger partial charge is 0.338 e. The van der Waals surface area contributed by atoms with Gasteiger partial charge in [-0.25, -0.2) is 4.79 Å². The molecule has 1 rings (SSSR count). The predicted molar refractivity (Wildman–Crippen MR) is 61.2 cm³/mol. The van der Waals surface area contributed by atoms with Crippen molar-refractivity contribution in [1.29, 1.82) is 0 Å². The monoisotopic (exact) mass is 237 g/mol. The van der Waals surface area contributed by atoms with Gasteiger partial charge in [-0.3, -0.25) is 4.79 Å². The molecule has 1 atom stereocenters. The molecule has 0 saturated carbocycles. The number of esters is 1. The highest BCUT2D eigenvalue weighted by Gasteiger charge is 2.15. The predicted octanol–water partition coefficient (Wildman–Crippen LogP) is 0.864. The molecule has 92 valence electrons. The van der Waals surface area contributed by atoms with Gasteiger partial charge in [0.2, 0.25) is 0 Å². The van der Waals surface area contributed by atoms with E-state index in [2.05, 4.69) is 0 Å². The van der Waals surface area contributed by atoms with Crippen molar-refractivity contribution >= 4 is 11.9 Å². The minimum absolute atomic E-state index is 0.373. The number of carbonyl (C=O) groups excluding carboxylic acids is 2. The zero-order chi connectivity index (χ0) is 12.8. The Balaban J connectivity index is 2.66. The van der Waals surface area contributed by atoms with Crippen molar-refractivity contribution in [1.82, 2.24) is 0 Å². The lowest BCUT2D eigenvalue weighted by Gasteiger charge is -2.09. The summed E-state index contributed by atoms with van der Waals surface area (Å²) in [5.74, 6) is -1.24. The van der Waals surface area contributed by atoms with Crippen LogP contribution >= 0.6 is 0 Å². The standard InChI is InChI=1S/C12H15NO4/c1-8(11(13)14)17-12(15)10-5-3-9(4-6-10)7-16-2/h3-6,8H,7H2,1-2H3,(H2,13,14)/t8-/m0/s1. The lowest BCUT2D eigenvalue weighted by molar-refractivity contribution is -0.125. The lowest BCUT2D eigenvalue weighted by Crippen LogP contribution is -2.30. The highest BCUT2D eigenvalue weighted by atomic mass is 16.5. The normalized spacial score (nSPS) is 11.9. The molecule has 1 amide bonds. The van der Waals surface area contributed by atoms with Crippen LogP contribution in [0.2, 0.25) is 0 Å². The summed E-state index contributed by atoms with van der Waals surface area (Å²) in [7, 11) is 1.59. The molecule has 0 heterocycles. The van der Waals surface area contributed by atoms with Gasteiger partial charge in [-0.1, -0.05) is 12.1 Å². The number of methoxy groups -OCH3 is 1. The Morgan fingerprint density at radius 1 is 1.29 bits per heavy atom. The number of hydrogen-bond donors (Lipinski definition) is 1. The Morgan fingerprint density at radius 3 is 2.35 bits per heavy atom. The topological polar surface area (TPSA) is 78.6 Å². The van der Waals surface area contributed by atoms with E-state index in [-0.39, 0.29) is 0 Å². The molecule has 0 aliphatic heterocycles. The van der Waals surface area contributed by atoms with Crippen LogP contribution < -0.4 is 5.73 Å². The summed E-state index contributed by atoms with van der Waals surface area (Å²) < 4.78 is 9.80. The Morgan fingerprint density at radius 2 is 1.88 bits per heavy atom. The maximum absolute atomic E-state index is 11.6. The second-order valence-electron chi connectivity index (χ2n) is 3.58. The van der Waals surface area contributed by atoms with Crippen LogP contribution in [-0.2, 0) is 20.9 Å². The van der Waals surface area contributed by atoms with E-state index in [1.165, 1.54) is 6.92 Å². The molecule has 0 aliphatic rings. The van der Waals surface area contributed by atoms with Crippen LogP contribution in [0.3, 0.4) is 0 Å². The number of nitrogens with two attached hydrogens (primary N) is 1. The molecule has 0 unspecified atom stereocenters. The summed E-state index contributed by atoms with van der Waals surface area (Å²) >= 11 is 0. The average molecular weight is 237 g/mol. The van der Waals surface area contributed by atoms with Crippen LogP contribution in [-0.4, -0.2) is 25.1 Å². The summed E-state index contributed by atoms with van der Waals surface area (Å²) in [6, 6.07) is 6.75. The van der Waals surface area contributed by atoms with Crippen molar-refractivity contribution in [2.24, 2.45) is 5.73 Å². The van der Waals surface area contributed by atoms with Gasteiger partial charge in [-0.05, 0) is 24.6 Å². The zero-order valence-corrected chi connectivity index (χ0v) is 9.80. The molecule has 0 aromatic heterocycles. The van der Waals surface area contributed by atoms with Crippen molar-refractivity contribution in [2.45, 2.75) is 19.6 Å². The molecular formula is C12H15NO4. The SMILES string of the molecule is COCc1ccc(C(=O)O[C@@H](C)C(N)=O)cc1. The minimum atomic E-state index is -0.929. The Labute approximate surface area is 99.5 Å². The number of rotatable bonds is 5. The van der Waals surface area contributed by atoms with Crippen molar-refractivity contribution < 1.29 is 19.1 Å². The van der Waals surface area contributed by atoms with Crippen LogP contribution in [0.25, 0.3) is 0 Å².